The second kappa shape index (κ2) is 6.20. The third kappa shape index (κ3) is 3.68. The molecule has 2 aliphatic heterocycles. The summed E-state index contributed by atoms with van der Waals surface area (Å²) in [5.74, 6) is -0.725. The zero-order chi connectivity index (χ0) is 13.9. The van der Waals surface area contributed by atoms with Gasteiger partial charge >= 0.3 is 5.97 Å². The first kappa shape index (κ1) is 14.8. The van der Waals surface area contributed by atoms with Crippen LogP contribution in [0, 0.1) is 0 Å². The molecule has 0 bridgehead atoms. The van der Waals surface area contributed by atoms with Gasteiger partial charge in [0.1, 0.15) is 0 Å². The smallest absolute Gasteiger partial charge is 0.304 e. The number of ether oxygens (including phenoxy) is 2. The summed E-state index contributed by atoms with van der Waals surface area (Å²) in [4.78, 5) is 13.1. The van der Waals surface area contributed by atoms with Gasteiger partial charge in [-0.2, -0.15) is 0 Å². The van der Waals surface area contributed by atoms with Gasteiger partial charge in [0.05, 0.1) is 18.6 Å². The molecule has 2 unspecified atom stereocenters. The first-order valence-electron chi connectivity index (χ1n) is 7.22. The van der Waals surface area contributed by atoms with E-state index in [1.165, 1.54) is 0 Å². The molecular weight excluding hydrogens is 246 g/mol. The average Bonchev–Trinajstić information content (AvgIpc) is 2.77. The van der Waals surface area contributed by atoms with Gasteiger partial charge in [-0.3, -0.25) is 9.69 Å². The summed E-state index contributed by atoms with van der Waals surface area (Å²) >= 11 is 0. The van der Waals surface area contributed by atoms with Gasteiger partial charge < -0.3 is 14.6 Å². The molecule has 19 heavy (non-hydrogen) atoms. The van der Waals surface area contributed by atoms with E-state index in [9.17, 15) is 4.79 Å². The number of carboxylic acid groups (broad SMARTS) is 1. The van der Waals surface area contributed by atoms with Crippen LogP contribution in [0.1, 0.15) is 39.5 Å². The zero-order valence-corrected chi connectivity index (χ0v) is 11.9. The molecule has 0 aromatic heterocycles. The Labute approximate surface area is 114 Å². The summed E-state index contributed by atoms with van der Waals surface area (Å²) in [7, 11) is 0. The molecule has 2 heterocycles. The van der Waals surface area contributed by atoms with Gasteiger partial charge in [0.15, 0.2) is 0 Å². The maximum atomic E-state index is 10.8. The fourth-order valence-corrected chi connectivity index (χ4v) is 3.24. The molecule has 2 rings (SSSR count). The highest BCUT2D eigenvalue weighted by molar-refractivity contribution is 5.66. The second-order valence-electron chi connectivity index (χ2n) is 5.96. The summed E-state index contributed by atoms with van der Waals surface area (Å²) in [6, 6.07) is 0.775. The number of carbonyl (C=O) groups is 1. The molecule has 1 N–H and O–H groups in total. The van der Waals surface area contributed by atoms with Crippen molar-refractivity contribution in [3.8, 4) is 0 Å². The van der Waals surface area contributed by atoms with Gasteiger partial charge in [0, 0.05) is 38.3 Å². The lowest BCUT2D eigenvalue weighted by molar-refractivity contribution is -0.138. The fourth-order valence-electron chi connectivity index (χ4n) is 3.24. The Hall–Kier alpha value is -0.650. The summed E-state index contributed by atoms with van der Waals surface area (Å²) in [6.45, 7) is 7.11. The normalized spacial score (nSPS) is 31.5. The lowest BCUT2D eigenvalue weighted by atomic mass is 9.88. The monoisotopic (exact) mass is 271 g/mol. The lowest BCUT2D eigenvalue weighted by Crippen LogP contribution is -2.51. The summed E-state index contributed by atoms with van der Waals surface area (Å²) in [6.07, 6.45) is 3.12. The lowest BCUT2D eigenvalue weighted by Gasteiger charge is -2.43. The third-order valence-electron chi connectivity index (χ3n) is 4.25. The molecule has 0 saturated carbocycles. The fraction of sp³-hybridized carbons (Fsp3) is 0.929. The number of hydrogen-bond donors (Lipinski definition) is 1. The Morgan fingerprint density at radius 3 is 2.84 bits per heavy atom. The Bertz CT molecular complexity index is 313. The van der Waals surface area contributed by atoms with Crippen LogP contribution in [0.4, 0.5) is 0 Å². The van der Waals surface area contributed by atoms with Crippen LogP contribution >= 0.6 is 0 Å². The van der Waals surface area contributed by atoms with Crippen molar-refractivity contribution in [1.29, 1.82) is 0 Å². The maximum Gasteiger partial charge on any atom is 0.304 e. The Balaban J connectivity index is 1.98. The van der Waals surface area contributed by atoms with Crippen LogP contribution in [-0.4, -0.2) is 60.0 Å². The molecular formula is C14H25NO4. The summed E-state index contributed by atoms with van der Waals surface area (Å²) in [5.41, 5.74) is -0.112. The van der Waals surface area contributed by atoms with Gasteiger partial charge in [0.25, 0.3) is 0 Å². The van der Waals surface area contributed by atoms with Crippen LogP contribution in [0.25, 0.3) is 0 Å². The molecule has 2 atom stereocenters. The Kier molecular flexibility index (Phi) is 4.81. The van der Waals surface area contributed by atoms with Crippen molar-refractivity contribution in [2.45, 2.75) is 57.2 Å². The van der Waals surface area contributed by atoms with E-state index < -0.39 is 5.97 Å². The van der Waals surface area contributed by atoms with E-state index in [1.54, 1.807) is 0 Å². The summed E-state index contributed by atoms with van der Waals surface area (Å²) < 4.78 is 11.4. The van der Waals surface area contributed by atoms with Gasteiger partial charge in [-0.25, -0.2) is 0 Å². The first-order valence-corrected chi connectivity index (χ1v) is 7.22. The molecule has 110 valence electrons. The highest BCUT2D eigenvalue weighted by Crippen LogP contribution is 2.35. The van der Waals surface area contributed by atoms with Crippen LogP contribution in [-0.2, 0) is 14.3 Å². The first-order chi connectivity index (χ1) is 9.02. The molecule has 0 aromatic rings. The van der Waals surface area contributed by atoms with E-state index in [-0.39, 0.29) is 12.0 Å². The molecule has 0 radical (unpaired) electrons. The molecule has 0 aromatic carbocycles. The van der Waals surface area contributed by atoms with Crippen LogP contribution in [0.15, 0.2) is 0 Å². The van der Waals surface area contributed by atoms with E-state index >= 15 is 0 Å². The van der Waals surface area contributed by atoms with Gasteiger partial charge in [-0.1, -0.05) is 0 Å². The molecule has 2 fully saturated rings. The number of aliphatic carboxylic acids is 1. The SMILES string of the molecule is CC(C)N(CCC(=O)O)C1CCOC2(CCOC2)C1. The molecule has 5 nitrogen and oxygen atoms in total. The zero-order valence-electron chi connectivity index (χ0n) is 11.9. The van der Waals surface area contributed by atoms with Crippen LogP contribution in [0.5, 0.6) is 0 Å². The van der Waals surface area contributed by atoms with Crippen molar-refractivity contribution in [3.63, 3.8) is 0 Å². The highest BCUT2D eigenvalue weighted by Gasteiger charge is 2.42. The minimum atomic E-state index is -0.725. The van der Waals surface area contributed by atoms with Gasteiger partial charge in [0.2, 0.25) is 0 Å². The van der Waals surface area contributed by atoms with Crippen molar-refractivity contribution >= 4 is 5.97 Å². The quantitative estimate of drug-likeness (QED) is 0.821. The minimum Gasteiger partial charge on any atom is -0.481 e. The van der Waals surface area contributed by atoms with Crippen molar-refractivity contribution in [2.75, 3.05) is 26.4 Å². The molecule has 1 spiro atoms. The topological polar surface area (TPSA) is 59.0 Å². The van der Waals surface area contributed by atoms with Gasteiger partial charge in [-0.05, 0) is 26.7 Å². The molecule has 5 heteroatoms. The van der Waals surface area contributed by atoms with E-state index in [1.807, 2.05) is 0 Å². The third-order valence-corrected chi connectivity index (χ3v) is 4.25. The van der Waals surface area contributed by atoms with Crippen molar-refractivity contribution < 1.29 is 19.4 Å². The van der Waals surface area contributed by atoms with Crippen LogP contribution in [0.3, 0.4) is 0 Å². The molecule has 2 saturated heterocycles. The number of nitrogens with zero attached hydrogens (tertiary/aromatic N) is 1. The Morgan fingerprint density at radius 2 is 2.26 bits per heavy atom. The highest BCUT2D eigenvalue weighted by atomic mass is 16.6. The van der Waals surface area contributed by atoms with E-state index in [4.69, 9.17) is 14.6 Å². The minimum absolute atomic E-state index is 0.112. The Morgan fingerprint density at radius 1 is 1.47 bits per heavy atom. The predicted molar refractivity (Wildman–Crippen MR) is 71.2 cm³/mol. The van der Waals surface area contributed by atoms with Crippen molar-refractivity contribution in [3.05, 3.63) is 0 Å². The predicted octanol–water partition coefficient (Wildman–Crippen LogP) is 1.51. The number of carboxylic acids is 1. The van der Waals surface area contributed by atoms with Crippen LogP contribution < -0.4 is 0 Å². The van der Waals surface area contributed by atoms with E-state index in [2.05, 4.69) is 18.7 Å². The van der Waals surface area contributed by atoms with E-state index in [0.29, 0.717) is 25.2 Å². The largest absolute Gasteiger partial charge is 0.481 e. The van der Waals surface area contributed by atoms with Gasteiger partial charge in [-0.15, -0.1) is 0 Å². The second-order valence-corrected chi connectivity index (χ2v) is 5.96. The maximum absolute atomic E-state index is 10.8. The number of rotatable bonds is 5. The van der Waals surface area contributed by atoms with E-state index in [0.717, 1.165) is 32.5 Å². The molecule has 0 aliphatic carbocycles. The average molecular weight is 271 g/mol. The van der Waals surface area contributed by atoms with Crippen LogP contribution in [0.2, 0.25) is 0 Å². The molecule has 2 aliphatic rings. The number of hydrogen-bond acceptors (Lipinski definition) is 4. The van der Waals surface area contributed by atoms with Crippen molar-refractivity contribution in [2.24, 2.45) is 0 Å². The summed E-state index contributed by atoms with van der Waals surface area (Å²) in [5, 5.41) is 8.88. The van der Waals surface area contributed by atoms with Crippen molar-refractivity contribution in [1.82, 2.24) is 4.90 Å². The molecule has 0 amide bonds. The standard InChI is InChI=1S/C14H25NO4/c1-11(2)15(6-3-13(16)17)12-4-7-19-14(9-12)5-8-18-10-14/h11-12H,3-10H2,1-2H3,(H,16,17).